The van der Waals surface area contributed by atoms with E-state index >= 15 is 0 Å². The fourth-order valence-electron chi connectivity index (χ4n) is 1.91. The molecule has 0 aromatic heterocycles. The number of aliphatic hydroxyl groups excluding tert-OH is 7. The van der Waals surface area contributed by atoms with Crippen LogP contribution in [0.4, 0.5) is 0 Å². The smallest absolute Gasteiger partial charge is 0.109 e. The van der Waals surface area contributed by atoms with Crippen LogP contribution in [-0.2, 0) is 18.9 Å². The average molecular weight is 416 g/mol. The number of aliphatic hydroxyl groups is 7. The molecule has 0 radical (unpaired) electrons. The molecular formula is C17H36O11. The molecule has 11 nitrogen and oxygen atoms in total. The Morgan fingerprint density at radius 1 is 0.536 bits per heavy atom. The van der Waals surface area contributed by atoms with Gasteiger partial charge in [-0.05, 0) is 0 Å². The molecule has 7 N–H and O–H groups in total. The zero-order valence-electron chi connectivity index (χ0n) is 16.3. The highest BCUT2D eigenvalue weighted by atomic mass is 16.6. The maximum atomic E-state index is 9.52. The Morgan fingerprint density at radius 3 is 1.32 bits per heavy atom. The van der Waals surface area contributed by atoms with Gasteiger partial charge in [-0.3, -0.25) is 0 Å². The van der Waals surface area contributed by atoms with E-state index in [2.05, 4.69) is 0 Å². The summed E-state index contributed by atoms with van der Waals surface area (Å²) >= 11 is 0. The van der Waals surface area contributed by atoms with Crippen LogP contribution in [0.25, 0.3) is 0 Å². The van der Waals surface area contributed by atoms with Gasteiger partial charge in [-0.1, -0.05) is 6.92 Å². The van der Waals surface area contributed by atoms with Crippen LogP contribution in [0.2, 0.25) is 0 Å². The molecule has 6 atom stereocenters. The lowest BCUT2D eigenvalue weighted by atomic mass is 10.2. The average Bonchev–Trinajstić information content (AvgIpc) is 2.71. The van der Waals surface area contributed by atoms with Crippen LogP contribution in [-0.4, -0.2) is 132 Å². The van der Waals surface area contributed by atoms with Crippen molar-refractivity contribution < 1.29 is 54.7 Å². The summed E-state index contributed by atoms with van der Waals surface area (Å²) in [5.74, 6) is -0.102. The van der Waals surface area contributed by atoms with E-state index in [1.165, 1.54) is 0 Å². The van der Waals surface area contributed by atoms with Crippen molar-refractivity contribution >= 4 is 0 Å². The summed E-state index contributed by atoms with van der Waals surface area (Å²) in [6, 6.07) is 0. The van der Waals surface area contributed by atoms with E-state index in [9.17, 15) is 15.3 Å². The predicted molar refractivity (Wildman–Crippen MR) is 96.6 cm³/mol. The normalized spacial score (nSPS) is 18.4. The lowest BCUT2D eigenvalue weighted by Crippen LogP contribution is -2.43. The fourth-order valence-corrected chi connectivity index (χ4v) is 1.91. The molecule has 0 aliphatic heterocycles. The van der Waals surface area contributed by atoms with Gasteiger partial charge in [0.25, 0.3) is 0 Å². The van der Waals surface area contributed by atoms with Gasteiger partial charge in [-0.25, -0.2) is 0 Å². The van der Waals surface area contributed by atoms with Crippen LogP contribution in [0, 0.1) is 5.92 Å². The highest BCUT2D eigenvalue weighted by Crippen LogP contribution is 2.10. The Balaban J connectivity index is 4.92. The molecule has 11 heteroatoms. The van der Waals surface area contributed by atoms with Crippen molar-refractivity contribution in [1.82, 2.24) is 0 Å². The third-order valence-electron chi connectivity index (χ3n) is 3.64. The Hall–Kier alpha value is -0.440. The number of ether oxygens (including phenoxy) is 4. The molecule has 0 spiro atoms. The van der Waals surface area contributed by atoms with Crippen molar-refractivity contribution in [2.45, 2.75) is 37.4 Å². The zero-order chi connectivity index (χ0) is 21.4. The van der Waals surface area contributed by atoms with Crippen molar-refractivity contribution in [3.63, 3.8) is 0 Å². The number of rotatable bonds is 19. The molecule has 0 aromatic carbocycles. The summed E-state index contributed by atoms with van der Waals surface area (Å²) in [4.78, 5) is 0. The van der Waals surface area contributed by atoms with E-state index in [0.29, 0.717) is 0 Å². The van der Waals surface area contributed by atoms with Crippen LogP contribution >= 0.6 is 0 Å². The Bertz CT molecular complexity index is 315. The SMILES string of the molecule is CC(CO)COCC(OCC(O)CO)C(COCC(O)CO)OCC(O)CO. The van der Waals surface area contributed by atoms with Crippen molar-refractivity contribution in [2.75, 3.05) is 66.1 Å². The molecule has 0 aliphatic carbocycles. The molecule has 0 saturated heterocycles. The third kappa shape index (κ3) is 13.7. The van der Waals surface area contributed by atoms with E-state index in [1.54, 1.807) is 6.92 Å². The minimum atomic E-state index is -1.12. The highest BCUT2D eigenvalue weighted by molar-refractivity contribution is 4.73. The van der Waals surface area contributed by atoms with Gasteiger partial charge in [0.05, 0.1) is 59.5 Å². The van der Waals surface area contributed by atoms with Crippen LogP contribution in [0.3, 0.4) is 0 Å². The van der Waals surface area contributed by atoms with E-state index in [-0.39, 0.29) is 52.2 Å². The number of hydrogen-bond acceptors (Lipinski definition) is 11. The monoisotopic (exact) mass is 416 g/mol. The zero-order valence-corrected chi connectivity index (χ0v) is 16.3. The molecule has 0 aliphatic rings. The van der Waals surface area contributed by atoms with E-state index in [0.717, 1.165) is 0 Å². The maximum Gasteiger partial charge on any atom is 0.109 e. The summed E-state index contributed by atoms with van der Waals surface area (Å²) in [6.45, 7) is -0.163. The lowest BCUT2D eigenvalue weighted by Gasteiger charge is -2.29. The van der Waals surface area contributed by atoms with Gasteiger partial charge in [-0.2, -0.15) is 0 Å². The molecule has 0 amide bonds. The molecule has 0 saturated carbocycles. The third-order valence-corrected chi connectivity index (χ3v) is 3.64. The summed E-state index contributed by atoms with van der Waals surface area (Å²) in [5, 5.41) is 64.2. The van der Waals surface area contributed by atoms with Gasteiger partial charge in [0.1, 0.15) is 30.5 Å². The van der Waals surface area contributed by atoms with Gasteiger partial charge in [-0.15, -0.1) is 0 Å². The van der Waals surface area contributed by atoms with Gasteiger partial charge in [0.2, 0.25) is 0 Å². The Labute approximate surface area is 165 Å². The second-order valence-corrected chi connectivity index (χ2v) is 6.62. The Kier molecular flexibility index (Phi) is 17.1. The van der Waals surface area contributed by atoms with E-state index < -0.39 is 50.3 Å². The van der Waals surface area contributed by atoms with Crippen LogP contribution in [0.15, 0.2) is 0 Å². The molecule has 6 unspecified atom stereocenters. The topological polar surface area (TPSA) is 179 Å². The summed E-state index contributed by atoms with van der Waals surface area (Å²) in [5.41, 5.74) is 0. The summed E-state index contributed by atoms with van der Waals surface area (Å²) in [6.07, 6.45) is -4.88. The van der Waals surface area contributed by atoms with Crippen LogP contribution in [0.5, 0.6) is 0 Å². The summed E-state index contributed by atoms with van der Waals surface area (Å²) < 4.78 is 21.9. The first-order valence-electron chi connectivity index (χ1n) is 9.24. The molecule has 0 fully saturated rings. The maximum absolute atomic E-state index is 9.52. The fraction of sp³-hybridized carbons (Fsp3) is 1.00. The lowest BCUT2D eigenvalue weighted by molar-refractivity contribution is -0.156. The molecule has 0 heterocycles. The van der Waals surface area contributed by atoms with Crippen molar-refractivity contribution in [1.29, 1.82) is 0 Å². The van der Waals surface area contributed by atoms with Crippen molar-refractivity contribution in [3.8, 4) is 0 Å². The van der Waals surface area contributed by atoms with E-state index in [1.807, 2.05) is 0 Å². The minimum absolute atomic E-state index is 0.00822. The Morgan fingerprint density at radius 2 is 0.929 bits per heavy atom. The highest BCUT2D eigenvalue weighted by Gasteiger charge is 2.26. The molecule has 28 heavy (non-hydrogen) atoms. The second kappa shape index (κ2) is 17.4. The quantitative estimate of drug-likeness (QED) is 0.111. The molecule has 0 bridgehead atoms. The molecule has 170 valence electrons. The van der Waals surface area contributed by atoms with Crippen LogP contribution in [0.1, 0.15) is 6.92 Å². The van der Waals surface area contributed by atoms with Crippen LogP contribution < -0.4 is 0 Å². The summed E-state index contributed by atoms with van der Waals surface area (Å²) in [7, 11) is 0. The first kappa shape index (κ1) is 27.6. The second-order valence-electron chi connectivity index (χ2n) is 6.62. The van der Waals surface area contributed by atoms with Gasteiger partial charge in [0.15, 0.2) is 0 Å². The predicted octanol–water partition coefficient (Wildman–Crippen LogP) is -3.52. The van der Waals surface area contributed by atoms with Crippen molar-refractivity contribution in [3.05, 3.63) is 0 Å². The largest absolute Gasteiger partial charge is 0.396 e. The minimum Gasteiger partial charge on any atom is -0.396 e. The first-order chi connectivity index (χ1) is 13.4. The van der Waals surface area contributed by atoms with E-state index in [4.69, 9.17) is 39.4 Å². The molecule has 0 aromatic rings. The standard InChI is InChI=1S/C17H36O11/c1-12(2-18)6-25-10-16(27-8-14(23)4-20)17(28-9-15(24)5-21)11-26-7-13(22)3-19/h12-24H,2-11H2,1H3. The molecule has 0 rings (SSSR count). The van der Waals surface area contributed by atoms with Gasteiger partial charge >= 0.3 is 0 Å². The van der Waals surface area contributed by atoms with Gasteiger partial charge in [0, 0.05) is 12.5 Å². The number of hydrogen-bond donors (Lipinski definition) is 7. The molecular weight excluding hydrogens is 380 g/mol. The van der Waals surface area contributed by atoms with Crippen molar-refractivity contribution in [2.24, 2.45) is 5.92 Å². The van der Waals surface area contributed by atoms with Gasteiger partial charge < -0.3 is 54.7 Å². The first-order valence-corrected chi connectivity index (χ1v) is 9.24.